The first kappa shape index (κ1) is 38.2. The van der Waals surface area contributed by atoms with E-state index in [1.54, 1.807) is 41.3 Å². The summed E-state index contributed by atoms with van der Waals surface area (Å²) in [6.07, 6.45) is -4.64. The molecule has 4 N–H and O–H groups in total. The van der Waals surface area contributed by atoms with Crippen molar-refractivity contribution in [2.75, 3.05) is 26.2 Å². The zero-order valence-corrected chi connectivity index (χ0v) is 25.8. The number of likely N-dealkylation sites (tertiary alicyclic amines) is 1. The number of piperidine rings is 1. The number of alkyl halides is 3. The molecule has 1 aliphatic rings. The largest absolute Gasteiger partial charge is 0.400 e. The minimum Gasteiger partial charge on any atom is -0.400 e. The zero-order chi connectivity index (χ0) is 32.2. The summed E-state index contributed by atoms with van der Waals surface area (Å²) in [6.45, 7) is 7.40. The van der Waals surface area contributed by atoms with E-state index in [-0.39, 0.29) is 44.5 Å². The van der Waals surface area contributed by atoms with Crippen LogP contribution in [0, 0.1) is 5.41 Å². The third-order valence-corrected chi connectivity index (χ3v) is 7.12. The molecular weight excluding hydrogens is 593 g/mol. The fourth-order valence-electron chi connectivity index (χ4n) is 4.29. The van der Waals surface area contributed by atoms with Crippen molar-refractivity contribution in [2.45, 2.75) is 67.1 Å². The summed E-state index contributed by atoms with van der Waals surface area (Å²) in [5, 5.41) is 11.6. The molecule has 2 aromatic rings. The van der Waals surface area contributed by atoms with Crippen molar-refractivity contribution in [2.24, 2.45) is 10.7 Å². The number of carbonyl (C=O) groups excluding carboxylic acids is 2. The van der Waals surface area contributed by atoms with Crippen molar-refractivity contribution >= 4 is 35.1 Å². The van der Waals surface area contributed by atoms with Crippen LogP contribution in [-0.2, 0) is 17.8 Å². The average molecular weight is 637 g/mol. The van der Waals surface area contributed by atoms with Crippen molar-refractivity contribution in [3.8, 4) is 0 Å². The molecule has 0 saturated carbocycles. The number of amidine groups is 1. The number of amides is 3. The maximum absolute atomic E-state index is 13.1. The molecule has 0 aliphatic carbocycles. The minimum atomic E-state index is -4.51. The fraction of sp³-hybridized carbons (Fsp3) is 0.438. The van der Waals surface area contributed by atoms with Crippen molar-refractivity contribution in [1.29, 1.82) is 5.41 Å². The van der Waals surface area contributed by atoms with E-state index in [1.807, 2.05) is 32.9 Å². The molecule has 1 heterocycles. The number of nitrogens with one attached hydrogen (secondary N) is 2. The van der Waals surface area contributed by atoms with Crippen molar-refractivity contribution in [3.63, 3.8) is 0 Å². The van der Waals surface area contributed by atoms with Gasteiger partial charge in [0.25, 0.3) is 0 Å². The quantitative estimate of drug-likeness (QED) is 0.215. The van der Waals surface area contributed by atoms with Gasteiger partial charge in [0.2, 0.25) is 5.91 Å². The Balaban J connectivity index is 0.00000316. The number of urea groups is 1. The summed E-state index contributed by atoms with van der Waals surface area (Å²) in [5.41, 5.74) is 9.97. The lowest BCUT2D eigenvalue weighted by molar-refractivity contribution is -0.135. The van der Waals surface area contributed by atoms with Crippen LogP contribution in [-0.4, -0.2) is 65.6 Å². The molecule has 12 heteroatoms. The average Bonchev–Trinajstić information content (AvgIpc) is 2.99. The smallest absolute Gasteiger partial charge is 0.390 e. The summed E-state index contributed by atoms with van der Waals surface area (Å²) in [6, 6.07) is 13.1. The Hall–Kier alpha value is -3.86. The first-order valence-corrected chi connectivity index (χ1v) is 14.6. The third kappa shape index (κ3) is 11.3. The second-order valence-electron chi connectivity index (χ2n) is 9.62. The zero-order valence-electron chi connectivity index (χ0n) is 25.0. The molecule has 1 fully saturated rings. The Kier molecular flexibility index (Phi) is 15.7. The van der Waals surface area contributed by atoms with Gasteiger partial charge in [0.05, 0.1) is 31.8 Å². The number of nitrogens with zero attached hydrogens (tertiary/aromatic N) is 3. The summed E-state index contributed by atoms with van der Waals surface area (Å²) in [4.78, 5) is 32.2. The first-order valence-electron chi connectivity index (χ1n) is 14.2. The predicted octanol–water partition coefficient (Wildman–Crippen LogP) is 6.96. The third-order valence-electron chi connectivity index (χ3n) is 6.75. The van der Waals surface area contributed by atoms with Crippen LogP contribution in [0.1, 0.15) is 64.7 Å². The molecule has 1 aliphatic heterocycles. The second kappa shape index (κ2) is 18.1. The summed E-state index contributed by atoms with van der Waals surface area (Å²) < 4.78 is 39.1. The summed E-state index contributed by atoms with van der Waals surface area (Å²) >= 11 is 6.26. The lowest BCUT2D eigenvalue weighted by atomic mass is 9.99. The van der Waals surface area contributed by atoms with Crippen LogP contribution in [0.4, 0.5) is 18.0 Å². The highest BCUT2D eigenvalue weighted by Gasteiger charge is 2.31. The standard InChI is InChI=1S/C29H34ClF3N6O2.C2H6.CH4/c1-3-20-8-10-21(11-9-20)27(35)39(15-13-29(31,32)33)28(41)37-17-25(34)23-12-14-38(19(2)40)18-26(23)36-16-22-6-4-5-7-24(22)30;1-2;/h4-11,35H,3,12-18,34H2,1-2H3,(H,37,41);1-2H3;1H4/b25-23-,35-27?,36-26?;;. The molecule has 242 valence electrons. The van der Waals surface area contributed by atoms with Crippen LogP contribution >= 0.6 is 11.6 Å². The Labute approximate surface area is 263 Å². The van der Waals surface area contributed by atoms with Crippen LogP contribution in [0.3, 0.4) is 0 Å². The van der Waals surface area contributed by atoms with E-state index in [2.05, 4.69) is 10.3 Å². The second-order valence-corrected chi connectivity index (χ2v) is 10.0. The Bertz CT molecular complexity index is 1330. The number of nitrogens with two attached hydrogens (primary N) is 1. The van der Waals surface area contributed by atoms with Crippen LogP contribution in [0.5, 0.6) is 0 Å². The lowest BCUT2D eigenvalue weighted by Crippen LogP contribution is -2.47. The monoisotopic (exact) mass is 636 g/mol. The van der Waals surface area contributed by atoms with Crippen molar-refractivity contribution in [1.82, 2.24) is 15.1 Å². The van der Waals surface area contributed by atoms with E-state index >= 15 is 0 Å². The highest BCUT2D eigenvalue weighted by Crippen LogP contribution is 2.22. The predicted molar refractivity (Wildman–Crippen MR) is 172 cm³/mol. The van der Waals surface area contributed by atoms with E-state index in [9.17, 15) is 22.8 Å². The van der Waals surface area contributed by atoms with Gasteiger partial charge in [-0.3, -0.25) is 20.1 Å². The van der Waals surface area contributed by atoms with Gasteiger partial charge >= 0.3 is 12.2 Å². The number of hydrogen-bond donors (Lipinski definition) is 3. The molecule has 0 atom stereocenters. The van der Waals surface area contributed by atoms with Crippen LogP contribution in [0.25, 0.3) is 0 Å². The Morgan fingerprint density at radius 3 is 2.34 bits per heavy atom. The fourth-order valence-corrected chi connectivity index (χ4v) is 4.49. The number of carbonyl (C=O) groups is 2. The molecule has 2 aromatic carbocycles. The van der Waals surface area contributed by atoms with E-state index in [0.29, 0.717) is 34.8 Å². The van der Waals surface area contributed by atoms with E-state index in [0.717, 1.165) is 22.4 Å². The SMILES string of the molecule is C.CC.CCc1ccc(C(=N)N(CCC(F)(F)F)C(=O)NC/C(N)=C2\CCN(C(C)=O)CC2=NCc2ccccc2Cl)cc1. The van der Waals surface area contributed by atoms with Crippen LogP contribution in [0.15, 0.2) is 64.8 Å². The number of aryl methyl sites for hydroxylation is 1. The lowest BCUT2D eigenvalue weighted by Gasteiger charge is -2.30. The van der Waals surface area contributed by atoms with Gasteiger partial charge in [-0.1, -0.05) is 82.3 Å². The molecule has 1 saturated heterocycles. The maximum atomic E-state index is 13.1. The maximum Gasteiger partial charge on any atom is 0.390 e. The molecule has 44 heavy (non-hydrogen) atoms. The molecule has 0 aromatic heterocycles. The molecule has 0 spiro atoms. The number of halogens is 4. The number of hydrogen-bond acceptors (Lipinski definition) is 5. The molecule has 8 nitrogen and oxygen atoms in total. The Morgan fingerprint density at radius 1 is 1.14 bits per heavy atom. The van der Waals surface area contributed by atoms with Crippen LogP contribution in [0.2, 0.25) is 5.02 Å². The summed E-state index contributed by atoms with van der Waals surface area (Å²) in [7, 11) is 0. The topological polar surface area (TPSA) is 115 Å². The van der Waals surface area contributed by atoms with E-state index in [4.69, 9.17) is 22.7 Å². The van der Waals surface area contributed by atoms with Crippen molar-refractivity contribution < 1.29 is 22.8 Å². The van der Waals surface area contributed by atoms with Gasteiger partial charge in [0, 0.05) is 36.3 Å². The molecule has 0 bridgehead atoms. The van der Waals surface area contributed by atoms with Gasteiger partial charge in [-0.15, -0.1) is 0 Å². The van der Waals surface area contributed by atoms with Crippen molar-refractivity contribution in [3.05, 3.63) is 81.5 Å². The first-order chi connectivity index (χ1) is 20.4. The van der Waals surface area contributed by atoms with E-state index < -0.39 is 25.2 Å². The van der Waals surface area contributed by atoms with Gasteiger partial charge in [0.1, 0.15) is 5.84 Å². The number of rotatable bonds is 8. The highest BCUT2D eigenvalue weighted by molar-refractivity contribution is 6.31. The number of aliphatic imine (C=N–C) groups is 1. The van der Waals surface area contributed by atoms with Gasteiger partial charge in [-0.25, -0.2) is 4.79 Å². The molecular formula is C32H44ClF3N6O2. The normalized spacial score (nSPS) is 15.0. The molecule has 0 radical (unpaired) electrons. The van der Waals surface area contributed by atoms with Gasteiger partial charge in [-0.2, -0.15) is 13.2 Å². The Morgan fingerprint density at radius 2 is 1.77 bits per heavy atom. The molecule has 3 amide bonds. The highest BCUT2D eigenvalue weighted by atomic mass is 35.5. The molecule has 3 rings (SSSR count). The number of benzene rings is 2. The minimum absolute atomic E-state index is 0. The summed E-state index contributed by atoms with van der Waals surface area (Å²) in [5.74, 6) is -0.468. The van der Waals surface area contributed by atoms with Gasteiger partial charge < -0.3 is 16.0 Å². The van der Waals surface area contributed by atoms with Gasteiger partial charge in [-0.05, 0) is 35.6 Å². The van der Waals surface area contributed by atoms with Crippen LogP contribution < -0.4 is 11.1 Å². The van der Waals surface area contributed by atoms with Gasteiger partial charge in [0.15, 0.2) is 0 Å². The molecule has 0 unspecified atom stereocenters. The van der Waals surface area contributed by atoms with E-state index in [1.165, 1.54) is 6.92 Å².